The first kappa shape index (κ1) is 23.0. The molecule has 3 aromatic rings. The van der Waals surface area contributed by atoms with Gasteiger partial charge in [0.25, 0.3) is 17.4 Å². The number of fused-ring (bicyclic) bond motifs is 1. The van der Waals surface area contributed by atoms with Crippen molar-refractivity contribution in [3.8, 4) is 5.75 Å². The Kier molecular flexibility index (Phi) is 7.96. The molecule has 0 saturated carbocycles. The highest BCUT2D eigenvalue weighted by Gasteiger charge is 2.16. The van der Waals surface area contributed by atoms with E-state index in [-0.39, 0.29) is 36.2 Å². The van der Waals surface area contributed by atoms with E-state index >= 15 is 0 Å². The van der Waals surface area contributed by atoms with E-state index in [9.17, 15) is 14.4 Å². The number of rotatable bonds is 10. The predicted octanol–water partition coefficient (Wildman–Crippen LogP) is 2.76. The fourth-order valence-electron chi connectivity index (χ4n) is 3.35. The molecule has 8 heteroatoms. The van der Waals surface area contributed by atoms with Crippen LogP contribution < -0.4 is 20.9 Å². The Morgan fingerprint density at radius 3 is 2.25 bits per heavy atom. The van der Waals surface area contributed by atoms with Gasteiger partial charge in [-0.05, 0) is 36.8 Å². The summed E-state index contributed by atoms with van der Waals surface area (Å²) in [5.74, 6) is 0.0451. The van der Waals surface area contributed by atoms with Gasteiger partial charge in [0, 0.05) is 30.6 Å². The summed E-state index contributed by atoms with van der Waals surface area (Å²) in [6.45, 7) is 3.04. The first-order valence-corrected chi connectivity index (χ1v) is 10.8. The van der Waals surface area contributed by atoms with Crippen LogP contribution in [-0.4, -0.2) is 41.8 Å². The van der Waals surface area contributed by atoms with Gasteiger partial charge in [-0.2, -0.15) is 5.10 Å². The molecule has 0 aliphatic heterocycles. The molecular formula is C24H28N4O4. The topological polar surface area (TPSA) is 102 Å². The minimum atomic E-state index is -0.385. The van der Waals surface area contributed by atoms with Crippen molar-refractivity contribution >= 4 is 22.6 Å². The van der Waals surface area contributed by atoms with Gasteiger partial charge in [0.2, 0.25) is 0 Å². The molecular weight excluding hydrogens is 408 g/mol. The summed E-state index contributed by atoms with van der Waals surface area (Å²) in [6, 6.07) is 13.7. The number of carbonyl (C=O) groups is 2. The highest BCUT2D eigenvalue weighted by molar-refractivity contribution is 6.04. The highest BCUT2D eigenvalue weighted by Crippen LogP contribution is 2.14. The molecule has 0 bridgehead atoms. The van der Waals surface area contributed by atoms with Crippen molar-refractivity contribution in [3.05, 3.63) is 70.1 Å². The lowest BCUT2D eigenvalue weighted by Gasteiger charge is -2.12. The minimum absolute atomic E-state index is 0.194. The average molecular weight is 437 g/mol. The van der Waals surface area contributed by atoms with Crippen molar-refractivity contribution in [2.24, 2.45) is 0 Å². The Hall–Kier alpha value is -3.68. The van der Waals surface area contributed by atoms with Gasteiger partial charge in [-0.15, -0.1) is 0 Å². The number of carbonyl (C=O) groups excluding carboxylic acids is 2. The molecule has 0 spiro atoms. The summed E-state index contributed by atoms with van der Waals surface area (Å²) in [5, 5.41) is 10.9. The smallest absolute Gasteiger partial charge is 0.274 e. The summed E-state index contributed by atoms with van der Waals surface area (Å²) in [4.78, 5) is 37.8. The zero-order valence-corrected chi connectivity index (χ0v) is 18.4. The van der Waals surface area contributed by atoms with Gasteiger partial charge < -0.3 is 15.4 Å². The lowest BCUT2D eigenvalue weighted by molar-refractivity contribution is 0.0924. The van der Waals surface area contributed by atoms with Gasteiger partial charge in [0.15, 0.2) is 5.69 Å². The van der Waals surface area contributed by atoms with E-state index in [2.05, 4.69) is 22.7 Å². The Labute approximate surface area is 186 Å². The lowest BCUT2D eigenvalue weighted by atomic mass is 10.1. The van der Waals surface area contributed by atoms with Crippen molar-refractivity contribution in [1.29, 1.82) is 0 Å². The third-order valence-corrected chi connectivity index (χ3v) is 5.10. The van der Waals surface area contributed by atoms with Gasteiger partial charge >= 0.3 is 0 Å². The number of nitrogens with one attached hydrogen (secondary N) is 2. The van der Waals surface area contributed by atoms with Crippen LogP contribution in [0.3, 0.4) is 0 Å². The van der Waals surface area contributed by atoms with E-state index in [4.69, 9.17) is 4.74 Å². The summed E-state index contributed by atoms with van der Waals surface area (Å²) in [5.41, 5.74) is 0.516. The third kappa shape index (κ3) is 5.51. The maximum Gasteiger partial charge on any atom is 0.274 e. The maximum atomic E-state index is 12.8. The quantitative estimate of drug-likeness (QED) is 0.476. The molecule has 1 heterocycles. The number of hydrogen-bond acceptors (Lipinski definition) is 5. The van der Waals surface area contributed by atoms with Crippen LogP contribution in [0.2, 0.25) is 0 Å². The van der Waals surface area contributed by atoms with Crippen LogP contribution in [0.5, 0.6) is 5.75 Å². The molecule has 0 radical (unpaired) electrons. The van der Waals surface area contributed by atoms with Crippen molar-refractivity contribution < 1.29 is 14.3 Å². The highest BCUT2D eigenvalue weighted by atomic mass is 16.5. The second-order valence-corrected chi connectivity index (χ2v) is 7.37. The molecule has 0 atom stereocenters. The first-order chi connectivity index (χ1) is 15.5. The van der Waals surface area contributed by atoms with Crippen LogP contribution in [0.1, 0.15) is 47.0 Å². The second-order valence-electron chi connectivity index (χ2n) is 7.37. The van der Waals surface area contributed by atoms with Gasteiger partial charge in [0.1, 0.15) is 5.75 Å². The summed E-state index contributed by atoms with van der Waals surface area (Å²) in [6.07, 6.45) is 2.83. The van der Waals surface area contributed by atoms with Crippen LogP contribution in [0, 0.1) is 0 Å². The number of aromatic nitrogens is 2. The average Bonchev–Trinajstić information content (AvgIpc) is 2.83. The Morgan fingerprint density at radius 1 is 0.938 bits per heavy atom. The van der Waals surface area contributed by atoms with Crippen molar-refractivity contribution in [1.82, 2.24) is 20.4 Å². The normalized spacial score (nSPS) is 10.7. The molecule has 0 unspecified atom stereocenters. The van der Waals surface area contributed by atoms with Crippen molar-refractivity contribution in [2.75, 3.05) is 20.2 Å². The number of methoxy groups -OCH3 is 1. The molecule has 0 fully saturated rings. The monoisotopic (exact) mass is 436 g/mol. The maximum absolute atomic E-state index is 12.8. The molecule has 8 nitrogen and oxygen atoms in total. The van der Waals surface area contributed by atoms with Gasteiger partial charge in [-0.25, -0.2) is 4.68 Å². The Balaban J connectivity index is 1.65. The van der Waals surface area contributed by atoms with Crippen LogP contribution in [0.15, 0.2) is 53.3 Å². The van der Waals surface area contributed by atoms with Crippen LogP contribution in [-0.2, 0) is 6.54 Å². The molecule has 0 aliphatic rings. The number of aryl methyl sites for hydroxylation is 1. The lowest BCUT2D eigenvalue weighted by Crippen LogP contribution is -2.36. The number of benzene rings is 2. The van der Waals surface area contributed by atoms with Crippen LogP contribution in [0.4, 0.5) is 0 Å². The number of ether oxygens (including phenoxy) is 1. The summed E-state index contributed by atoms with van der Waals surface area (Å²) >= 11 is 0. The third-order valence-electron chi connectivity index (χ3n) is 5.10. The van der Waals surface area contributed by atoms with Gasteiger partial charge in [0.05, 0.1) is 12.5 Å². The van der Waals surface area contributed by atoms with E-state index in [0.717, 1.165) is 19.3 Å². The van der Waals surface area contributed by atoms with E-state index in [0.29, 0.717) is 28.6 Å². The molecule has 2 N–H and O–H groups in total. The fourth-order valence-corrected chi connectivity index (χ4v) is 3.35. The van der Waals surface area contributed by atoms with Crippen molar-refractivity contribution in [2.45, 2.75) is 32.7 Å². The SMILES string of the molecule is CCCCCn1nc(C(=O)NCCNC(=O)c2ccc(OC)cc2)c2ccccc2c1=O. The standard InChI is InChI=1S/C24H28N4O4/c1-3-4-7-16-28-24(31)20-9-6-5-8-19(20)21(27-28)23(30)26-15-14-25-22(29)17-10-12-18(32-2)13-11-17/h5-6,8-13H,3-4,7,14-16H2,1-2H3,(H,25,29)(H,26,30). The number of nitrogens with zero attached hydrogens (tertiary/aromatic N) is 2. The molecule has 168 valence electrons. The fraction of sp³-hybridized carbons (Fsp3) is 0.333. The summed E-state index contributed by atoms with van der Waals surface area (Å²) in [7, 11) is 1.56. The van der Waals surface area contributed by atoms with E-state index in [1.54, 1.807) is 55.6 Å². The van der Waals surface area contributed by atoms with Gasteiger partial charge in [-0.1, -0.05) is 38.0 Å². The molecule has 2 aromatic carbocycles. The van der Waals surface area contributed by atoms with Crippen molar-refractivity contribution in [3.63, 3.8) is 0 Å². The van der Waals surface area contributed by atoms with E-state index < -0.39 is 0 Å². The number of unbranched alkanes of at least 4 members (excludes halogenated alkanes) is 2. The van der Waals surface area contributed by atoms with Crippen LogP contribution >= 0.6 is 0 Å². The minimum Gasteiger partial charge on any atom is -0.497 e. The molecule has 32 heavy (non-hydrogen) atoms. The van der Waals surface area contributed by atoms with E-state index in [1.807, 2.05) is 0 Å². The predicted molar refractivity (Wildman–Crippen MR) is 123 cm³/mol. The summed E-state index contributed by atoms with van der Waals surface area (Å²) < 4.78 is 6.46. The zero-order chi connectivity index (χ0) is 22.9. The number of amides is 2. The first-order valence-electron chi connectivity index (χ1n) is 10.8. The zero-order valence-electron chi connectivity index (χ0n) is 18.4. The molecule has 3 rings (SSSR count). The van der Waals surface area contributed by atoms with E-state index in [1.165, 1.54) is 4.68 Å². The molecule has 0 saturated heterocycles. The molecule has 2 amide bonds. The largest absolute Gasteiger partial charge is 0.497 e. The van der Waals surface area contributed by atoms with Crippen LogP contribution in [0.25, 0.3) is 10.8 Å². The second kappa shape index (κ2) is 11.1. The number of hydrogen-bond donors (Lipinski definition) is 2. The Bertz CT molecular complexity index is 1140. The molecule has 0 aliphatic carbocycles. The molecule has 1 aromatic heterocycles. The Morgan fingerprint density at radius 2 is 1.59 bits per heavy atom. The van der Waals surface area contributed by atoms with Gasteiger partial charge in [-0.3, -0.25) is 14.4 Å².